The molecule has 88 valence electrons. The Morgan fingerprint density at radius 2 is 2.38 bits per heavy atom. The lowest BCUT2D eigenvalue weighted by atomic mass is 10.1. The molecule has 1 aliphatic rings. The van der Waals surface area contributed by atoms with Gasteiger partial charge in [0.15, 0.2) is 11.6 Å². The van der Waals surface area contributed by atoms with E-state index in [2.05, 4.69) is 0 Å². The monoisotopic (exact) mass is 226 g/mol. The number of rotatable bonds is 3. The Bertz CT molecular complexity index is 359. The SMILES string of the molecule is CC(O)c1ccc(OC2CCOC2)c(F)c1. The highest BCUT2D eigenvalue weighted by molar-refractivity contribution is 5.30. The highest BCUT2D eigenvalue weighted by Gasteiger charge is 2.19. The van der Waals surface area contributed by atoms with Gasteiger partial charge in [-0.25, -0.2) is 4.39 Å². The van der Waals surface area contributed by atoms with Crippen LogP contribution in [0.5, 0.6) is 5.75 Å². The number of hydrogen-bond donors (Lipinski definition) is 1. The number of benzene rings is 1. The maximum Gasteiger partial charge on any atom is 0.165 e. The van der Waals surface area contributed by atoms with Crippen molar-refractivity contribution in [1.29, 1.82) is 0 Å². The lowest BCUT2D eigenvalue weighted by Crippen LogP contribution is -2.16. The van der Waals surface area contributed by atoms with E-state index >= 15 is 0 Å². The summed E-state index contributed by atoms with van der Waals surface area (Å²) in [5, 5.41) is 9.30. The van der Waals surface area contributed by atoms with Gasteiger partial charge < -0.3 is 14.6 Å². The molecule has 1 heterocycles. The third kappa shape index (κ3) is 2.51. The van der Waals surface area contributed by atoms with Gasteiger partial charge in [0.2, 0.25) is 0 Å². The summed E-state index contributed by atoms with van der Waals surface area (Å²) in [4.78, 5) is 0. The van der Waals surface area contributed by atoms with Crippen molar-refractivity contribution in [2.24, 2.45) is 0 Å². The number of ether oxygens (including phenoxy) is 2. The van der Waals surface area contributed by atoms with Crippen LogP contribution in [0.25, 0.3) is 0 Å². The highest BCUT2D eigenvalue weighted by atomic mass is 19.1. The van der Waals surface area contributed by atoms with Gasteiger partial charge in [0, 0.05) is 6.42 Å². The molecule has 0 bridgehead atoms. The van der Waals surface area contributed by atoms with Gasteiger partial charge in [-0.1, -0.05) is 6.07 Å². The van der Waals surface area contributed by atoms with E-state index in [0.29, 0.717) is 18.8 Å². The fourth-order valence-corrected chi connectivity index (χ4v) is 1.66. The van der Waals surface area contributed by atoms with Crippen LogP contribution in [-0.2, 0) is 4.74 Å². The third-order valence-corrected chi connectivity index (χ3v) is 2.62. The van der Waals surface area contributed by atoms with E-state index in [1.807, 2.05) is 0 Å². The van der Waals surface area contributed by atoms with E-state index in [4.69, 9.17) is 9.47 Å². The van der Waals surface area contributed by atoms with Gasteiger partial charge >= 0.3 is 0 Å². The average molecular weight is 226 g/mol. The van der Waals surface area contributed by atoms with E-state index in [-0.39, 0.29) is 11.9 Å². The first-order valence-corrected chi connectivity index (χ1v) is 5.38. The first-order valence-electron chi connectivity index (χ1n) is 5.38. The van der Waals surface area contributed by atoms with Crippen molar-refractivity contribution in [3.63, 3.8) is 0 Å². The number of hydrogen-bond acceptors (Lipinski definition) is 3. The molecule has 0 saturated carbocycles. The molecule has 1 N–H and O–H groups in total. The molecule has 1 aromatic carbocycles. The minimum Gasteiger partial charge on any atom is -0.485 e. The van der Waals surface area contributed by atoms with Crippen LogP contribution in [0.1, 0.15) is 25.0 Å². The van der Waals surface area contributed by atoms with Crippen LogP contribution in [-0.4, -0.2) is 24.4 Å². The van der Waals surface area contributed by atoms with Crippen molar-refractivity contribution >= 4 is 0 Å². The largest absolute Gasteiger partial charge is 0.485 e. The lowest BCUT2D eigenvalue weighted by Gasteiger charge is -2.13. The average Bonchev–Trinajstić information content (AvgIpc) is 2.73. The summed E-state index contributed by atoms with van der Waals surface area (Å²) in [5.74, 6) is -0.217. The maximum atomic E-state index is 13.6. The molecule has 1 fully saturated rings. The third-order valence-electron chi connectivity index (χ3n) is 2.62. The second-order valence-electron chi connectivity index (χ2n) is 3.97. The van der Waals surface area contributed by atoms with Gasteiger partial charge in [-0.3, -0.25) is 0 Å². The van der Waals surface area contributed by atoms with Gasteiger partial charge in [0.25, 0.3) is 0 Å². The minimum absolute atomic E-state index is 0.0631. The summed E-state index contributed by atoms with van der Waals surface area (Å²) < 4.78 is 24.2. The van der Waals surface area contributed by atoms with Crippen LogP contribution in [0, 0.1) is 5.82 Å². The molecule has 2 unspecified atom stereocenters. The molecule has 0 radical (unpaired) electrons. The number of aliphatic hydroxyl groups is 1. The van der Waals surface area contributed by atoms with Crippen molar-refractivity contribution in [2.75, 3.05) is 13.2 Å². The lowest BCUT2D eigenvalue weighted by molar-refractivity contribution is 0.138. The predicted octanol–water partition coefficient (Wildman–Crippen LogP) is 2.05. The predicted molar refractivity (Wildman–Crippen MR) is 56.9 cm³/mol. The smallest absolute Gasteiger partial charge is 0.165 e. The van der Waals surface area contributed by atoms with Crippen LogP contribution in [0.4, 0.5) is 4.39 Å². The van der Waals surface area contributed by atoms with E-state index in [0.717, 1.165) is 6.42 Å². The van der Waals surface area contributed by atoms with Crippen molar-refractivity contribution in [1.82, 2.24) is 0 Å². The Morgan fingerprint density at radius 3 is 2.94 bits per heavy atom. The summed E-state index contributed by atoms with van der Waals surface area (Å²) in [5.41, 5.74) is 0.549. The van der Waals surface area contributed by atoms with Crippen LogP contribution in [0.2, 0.25) is 0 Å². The van der Waals surface area contributed by atoms with Crippen molar-refractivity contribution in [2.45, 2.75) is 25.6 Å². The van der Waals surface area contributed by atoms with E-state index in [1.165, 1.54) is 6.07 Å². The molecule has 0 aromatic heterocycles. The zero-order chi connectivity index (χ0) is 11.5. The van der Waals surface area contributed by atoms with Crippen LogP contribution < -0.4 is 4.74 Å². The molecular weight excluding hydrogens is 211 g/mol. The van der Waals surface area contributed by atoms with Crippen LogP contribution >= 0.6 is 0 Å². The first kappa shape index (κ1) is 11.4. The van der Waals surface area contributed by atoms with Gasteiger partial charge in [-0.15, -0.1) is 0 Å². The summed E-state index contributed by atoms with van der Waals surface area (Å²) in [6, 6.07) is 4.52. The molecule has 1 aromatic rings. The Morgan fingerprint density at radius 1 is 1.56 bits per heavy atom. The molecule has 2 rings (SSSR count). The zero-order valence-electron chi connectivity index (χ0n) is 9.15. The van der Waals surface area contributed by atoms with Gasteiger partial charge in [0.05, 0.1) is 19.3 Å². The zero-order valence-corrected chi connectivity index (χ0v) is 9.15. The molecule has 3 nitrogen and oxygen atoms in total. The molecule has 4 heteroatoms. The second kappa shape index (κ2) is 4.80. The molecule has 0 spiro atoms. The Labute approximate surface area is 93.8 Å². The van der Waals surface area contributed by atoms with E-state index < -0.39 is 11.9 Å². The summed E-state index contributed by atoms with van der Waals surface area (Å²) in [7, 11) is 0. The molecule has 1 aliphatic heterocycles. The van der Waals surface area contributed by atoms with Gasteiger partial charge in [-0.2, -0.15) is 0 Å². The standard InChI is InChI=1S/C12H15FO3/c1-8(14)9-2-3-12(11(13)6-9)16-10-4-5-15-7-10/h2-3,6,8,10,14H,4-5,7H2,1H3. The maximum absolute atomic E-state index is 13.6. The number of aliphatic hydroxyl groups excluding tert-OH is 1. The summed E-state index contributed by atoms with van der Waals surface area (Å²) in [6.45, 7) is 2.77. The molecular formula is C12H15FO3. The topological polar surface area (TPSA) is 38.7 Å². The Balaban J connectivity index is 2.09. The van der Waals surface area contributed by atoms with Crippen molar-refractivity contribution < 1.29 is 19.0 Å². The van der Waals surface area contributed by atoms with Crippen molar-refractivity contribution in [3.05, 3.63) is 29.6 Å². The molecule has 2 atom stereocenters. The second-order valence-corrected chi connectivity index (χ2v) is 3.97. The Hall–Kier alpha value is -1.13. The minimum atomic E-state index is -0.668. The van der Waals surface area contributed by atoms with Crippen LogP contribution in [0.15, 0.2) is 18.2 Å². The summed E-state index contributed by atoms with van der Waals surface area (Å²) >= 11 is 0. The van der Waals surface area contributed by atoms with Crippen LogP contribution in [0.3, 0.4) is 0 Å². The van der Waals surface area contributed by atoms with Gasteiger partial charge in [-0.05, 0) is 24.6 Å². The van der Waals surface area contributed by atoms with Gasteiger partial charge in [0.1, 0.15) is 6.10 Å². The van der Waals surface area contributed by atoms with E-state index in [1.54, 1.807) is 19.1 Å². The quantitative estimate of drug-likeness (QED) is 0.857. The summed E-state index contributed by atoms with van der Waals surface area (Å²) in [6.07, 6.45) is 0.0580. The normalized spacial score (nSPS) is 22.1. The highest BCUT2D eigenvalue weighted by Crippen LogP contribution is 2.24. The molecule has 16 heavy (non-hydrogen) atoms. The van der Waals surface area contributed by atoms with E-state index in [9.17, 15) is 9.50 Å². The molecule has 0 aliphatic carbocycles. The first-order chi connectivity index (χ1) is 7.66. The fraction of sp³-hybridized carbons (Fsp3) is 0.500. The Kier molecular flexibility index (Phi) is 3.41. The molecule has 0 amide bonds. The fourth-order valence-electron chi connectivity index (χ4n) is 1.66. The number of halogens is 1. The van der Waals surface area contributed by atoms with Crippen molar-refractivity contribution in [3.8, 4) is 5.75 Å². The molecule has 1 saturated heterocycles.